The van der Waals surface area contributed by atoms with Gasteiger partial charge in [0.1, 0.15) is 4.90 Å². The van der Waals surface area contributed by atoms with Crippen molar-refractivity contribution < 1.29 is 8.42 Å². The van der Waals surface area contributed by atoms with E-state index in [1.54, 1.807) is 24.4 Å². The molecule has 5 nitrogen and oxygen atoms in total. The molecule has 0 amide bonds. The summed E-state index contributed by atoms with van der Waals surface area (Å²) in [6.07, 6.45) is 4.88. The summed E-state index contributed by atoms with van der Waals surface area (Å²) in [6.45, 7) is 2.58. The highest BCUT2D eigenvalue weighted by Gasteiger charge is 2.33. The van der Waals surface area contributed by atoms with Gasteiger partial charge in [-0.25, -0.2) is 13.1 Å². The number of pyridine rings is 1. The van der Waals surface area contributed by atoms with Crippen molar-refractivity contribution in [1.29, 1.82) is 0 Å². The molecular formula is C15H19N3O2S. The van der Waals surface area contributed by atoms with Gasteiger partial charge in [-0.2, -0.15) is 0 Å². The van der Waals surface area contributed by atoms with Gasteiger partial charge in [0.2, 0.25) is 10.0 Å². The van der Waals surface area contributed by atoms with Crippen molar-refractivity contribution in [2.45, 2.75) is 31.1 Å². The fourth-order valence-electron chi connectivity index (χ4n) is 2.69. The molecule has 0 saturated heterocycles. The second-order valence-corrected chi connectivity index (χ2v) is 7.78. The lowest BCUT2D eigenvalue weighted by atomic mass is 9.71. The maximum atomic E-state index is 12.6. The fraction of sp³-hybridized carbons (Fsp3) is 0.400. The summed E-state index contributed by atoms with van der Waals surface area (Å²) >= 11 is 0. The van der Waals surface area contributed by atoms with Crippen molar-refractivity contribution in [1.82, 2.24) is 9.71 Å². The Hall–Kier alpha value is -1.66. The number of nitrogens with zero attached hydrogens (tertiary/aromatic N) is 1. The van der Waals surface area contributed by atoms with E-state index in [1.165, 1.54) is 12.5 Å². The van der Waals surface area contributed by atoms with Crippen LogP contribution in [0.5, 0.6) is 0 Å². The van der Waals surface area contributed by atoms with Crippen molar-refractivity contribution in [3.63, 3.8) is 0 Å². The predicted molar refractivity (Wildman–Crippen MR) is 83.3 cm³/mol. The maximum absolute atomic E-state index is 12.6. The van der Waals surface area contributed by atoms with E-state index < -0.39 is 10.0 Å². The molecule has 0 atom stereocenters. The lowest BCUT2D eigenvalue weighted by Crippen LogP contribution is -2.39. The van der Waals surface area contributed by atoms with E-state index >= 15 is 0 Å². The Morgan fingerprint density at radius 1 is 1.33 bits per heavy atom. The minimum absolute atomic E-state index is 0.0874. The first-order valence-electron chi connectivity index (χ1n) is 7.04. The van der Waals surface area contributed by atoms with Gasteiger partial charge >= 0.3 is 0 Å². The summed E-state index contributed by atoms with van der Waals surface area (Å²) in [6, 6.07) is 6.67. The number of rotatable bonds is 4. The number of fused-ring (bicyclic) bond motifs is 1. The van der Waals surface area contributed by atoms with Gasteiger partial charge in [0.25, 0.3) is 0 Å². The van der Waals surface area contributed by atoms with Crippen LogP contribution in [0.15, 0.2) is 35.4 Å². The fourth-order valence-corrected chi connectivity index (χ4v) is 4.05. The van der Waals surface area contributed by atoms with Gasteiger partial charge in [0, 0.05) is 23.8 Å². The summed E-state index contributed by atoms with van der Waals surface area (Å²) in [5, 5.41) is 0.662. The van der Waals surface area contributed by atoms with E-state index in [0.717, 1.165) is 12.8 Å². The Morgan fingerprint density at radius 3 is 2.76 bits per heavy atom. The van der Waals surface area contributed by atoms with Crippen LogP contribution in [0.25, 0.3) is 10.9 Å². The summed E-state index contributed by atoms with van der Waals surface area (Å²) < 4.78 is 27.8. The number of aromatic nitrogens is 1. The van der Waals surface area contributed by atoms with Crippen molar-refractivity contribution in [3.8, 4) is 0 Å². The third-order valence-corrected chi connectivity index (χ3v) is 5.74. The number of nitrogens with two attached hydrogens (primary N) is 1. The van der Waals surface area contributed by atoms with Gasteiger partial charge < -0.3 is 5.73 Å². The molecule has 0 bridgehead atoms. The predicted octanol–water partition coefficient (Wildman–Crippen LogP) is 2.29. The molecular weight excluding hydrogens is 286 g/mol. The van der Waals surface area contributed by atoms with Crippen molar-refractivity contribution in [2.24, 2.45) is 5.41 Å². The van der Waals surface area contributed by atoms with Crippen LogP contribution in [0.2, 0.25) is 0 Å². The first kappa shape index (κ1) is 14.3. The average molecular weight is 305 g/mol. The monoisotopic (exact) mass is 305 g/mol. The van der Waals surface area contributed by atoms with Gasteiger partial charge in [-0.3, -0.25) is 4.98 Å². The maximum Gasteiger partial charge on any atom is 0.242 e. The molecule has 112 valence electrons. The van der Waals surface area contributed by atoms with Crippen LogP contribution in [0.3, 0.4) is 0 Å². The van der Waals surface area contributed by atoms with E-state index in [2.05, 4.69) is 16.6 Å². The van der Waals surface area contributed by atoms with Gasteiger partial charge in [-0.15, -0.1) is 0 Å². The van der Waals surface area contributed by atoms with E-state index in [0.29, 0.717) is 23.1 Å². The molecule has 0 radical (unpaired) electrons. The van der Waals surface area contributed by atoms with Crippen LogP contribution < -0.4 is 10.5 Å². The van der Waals surface area contributed by atoms with E-state index in [1.807, 2.05) is 0 Å². The number of nitrogen functional groups attached to an aromatic ring is 1. The van der Waals surface area contributed by atoms with Gasteiger partial charge in [0.15, 0.2) is 0 Å². The molecule has 1 aliphatic rings. The van der Waals surface area contributed by atoms with E-state index in [-0.39, 0.29) is 10.3 Å². The highest BCUT2D eigenvalue weighted by molar-refractivity contribution is 7.89. The van der Waals surface area contributed by atoms with Crippen molar-refractivity contribution >= 4 is 26.6 Å². The smallest absolute Gasteiger partial charge is 0.242 e. The summed E-state index contributed by atoms with van der Waals surface area (Å²) in [5.41, 5.74) is 6.93. The Labute approximate surface area is 124 Å². The lowest BCUT2D eigenvalue weighted by molar-refractivity contribution is 0.166. The molecule has 2 aromatic rings. The molecule has 0 aliphatic heterocycles. The number of nitrogens with one attached hydrogen (secondary N) is 1. The standard InChI is InChI=1S/C15H19N3O2S/c1-15(7-3-8-15)10-18-21(19,20)13-6-5-12(16)11-4-2-9-17-14(11)13/h2,4-6,9,18H,3,7-8,10,16H2,1H3. The third-order valence-electron chi connectivity index (χ3n) is 4.31. The summed E-state index contributed by atoms with van der Waals surface area (Å²) in [7, 11) is -3.58. The molecule has 6 heteroatoms. The van der Waals surface area contributed by atoms with Gasteiger partial charge in [-0.05, 0) is 42.5 Å². The quantitative estimate of drug-likeness (QED) is 0.849. The van der Waals surface area contributed by atoms with E-state index in [9.17, 15) is 8.42 Å². The highest BCUT2D eigenvalue weighted by atomic mass is 32.2. The topological polar surface area (TPSA) is 85.1 Å². The first-order chi connectivity index (χ1) is 9.91. The number of anilines is 1. The Kier molecular flexibility index (Phi) is 3.37. The molecule has 1 saturated carbocycles. The lowest BCUT2D eigenvalue weighted by Gasteiger charge is -2.38. The van der Waals surface area contributed by atoms with Crippen molar-refractivity contribution in [2.75, 3.05) is 12.3 Å². The highest BCUT2D eigenvalue weighted by Crippen LogP contribution is 2.39. The molecule has 3 rings (SSSR count). The molecule has 1 fully saturated rings. The minimum Gasteiger partial charge on any atom is -0.398 e. The molecule has 1 aliphatic carbocycles. The third kappa shape index (κ3) is 2.61. The zero-order valence-corrected chi connectivity index (χ0v) is 12.8. The summed E-state index contributed by atoms with van der Waals surface area (Å²) in [4.78, 5) is 4.38. The normalized spacial score (nSPS) is 17.6. The minimum atomic E-state index is -3.58. The van der Waals surface area contributed by atoms with E-state index in [4.69, 9.17) is 5.73 Å². The van der Waals surface area contributed by atoms with Crippen LogP contribution in [0.1, 0.15) is 26.2 Å². The molecule has 21 heavy (non-hydrogen) atoms. The average Bonchev–Trinajstić information content (AvgIpc) is 2.43. The Morgan fingerprint density at radius 2 is 2.10 bits per heavy atom. The second kappa shape index (κ2) is 4.96. The van der Waals surface area contributed by atoms with Gasteiger partial charge in [-0.1, -0.05) is 13.3 Å². The molecule has 1 aromatic carbocycles. The molecule has 1 heterocycles. The SMILES string of the molecule is CC1(CNS(=O)(=O)c2ccc(N)c3cccnc23)CCC1. The summed E-state index contributed by atoms with van der Waals surface area (Å²) in [5.74, 6) is 0. The van der Waals surface area contributed by atoms with Crippen molar-refractivity contribution in [3.05, 3.63) is 30.5 Å². The molecule has 0 unspecified atom stereocenters. The zero-order valence-electron chi connectivity index (χ0n) is 12.0. The molecule has 0 spiro atoms. The largest absolute Gasteiger partial charge is 0.398 e. The zero-order chi connectivity index (χ0) is 15.1. The number of hydrogen-bond acceptors (Lipinski definition) is 4. The number of benzene rings is 1. The van der Waals surface area contributed by atoms with Crippen LogP contribution in [0.4, 0.5) is 5.69 Å². The molecule has 1 aromatic heterocycles. The van der Waals surface area contributed by atoms with Crippen LogP contribution in [-0.4, -0.2) is 19.9 Å². The molecule has 3 N–H and O–H groups in total. The number of hydrogen-bond donors (Lipinski definition) is 2. The van der Waals surface area contributed by atoms with Crippen LogP contribution >= 0.6 is 0 Å². The second-order valence-electron chi connectivity index (χ2n) is 6.04. The first-order valence-corrected chi connectivity index (χ1v) is 8.53. The Balaban J connectivity index is 1.97. The number of sulfonamides is 1. The Bertz CT molecular complexity index is 783. The van der Waals surface area contributed by atoms with Gasteiger partial charge in [0.05, 0.1) is 5.52 Å². The van der Waals surface area contributed by atoms with Crippen LogP contribution in [0, 0.1) is 5.41 Å². The van der Waals surface area contributed by atoms with Crippen LogP contribution in [-0.2, 0) is 10.0 Å².